The van der Waals surface area contributed by atoms with Gasteiger partial charge in [0.15, 0.2) is 0 Å². The molecule has 0 atom stereocenters. The van der Waals surface area contributed by atoms with E-state index in [9.17, 15) is 43.2 Å². The largest absolute Gasteiger partial charge is 0.501 e. The molecule has 0 spiro atoms. The zero-order chi connectivity index (χ0) is 42.1. The third kappa shape index (κ3) is 10.4. The molecule has 0 aliphatic carbocycles. The van der Waals surface area contributed by atoms with E-state index in [0.717, 1.165) is 37.8 Å². The van der Waals surface area contributed by atoms with Gasteiger partial charge < -0.3 is 9.47 Å². The molecule has 0 aliphatic heterocycles. The molecule has 0 radical (unpaired) electrons. The monoisotopic (exact) mass is 846 g/mol. The topological polar surface area (TPSA) is 86.7 Å². The summed E-state index contributed by atoms with van der Waals surface area (Å²) in [6.45, 7) is 4.00. The summed E-state index contributed by atoms with van der Waals surface area (Å²) in [5.74, 6) is -0.391. The Morgan fingerprint density at radius 2 is 0.862 bits per heavy atom. The van der Waals surface area contributed by atoms with E-state index in [1.165, 1.54) is 48.5 Å². The maximum absolute atomic E-state index is 14.4. The van der Waals surface area contributed by atoms with Gasteiger partial charge >= 0.3 is 11.0 Å². The first-order valence-electron chi connectivity index (χ1n) is 19.0. The Bertz CT molecular complexity index is 2330. The molecular formula is C44H44F6O6S2. The third-order valence-corrected chi connectivity index (χ3v) is 12.6. The summed E-state index contributed by atoms with van der Waals surface area (Å²) in [6, 6.07) is 23.9. The number of halogens is 6. The van der Waals surface area contributed by atoms with Crippen molar-refractivity contribution in [3.8, 4) is 11.5 Å². The number of sulfone groups is 2. The molecule has 0 unspecified atom stereocenters. The van der Waals surface area contributed by atoms with Gasteiger partial charge in [-0.2, -0.15) is 26.3 Å². The Hall–Kier alpha value is -4.82. The number of hydrogen-bond donors (Lipinski definition) is 0. The Kier molecular flexibility index (Phi) is 14.4. The highest BCUT2D eigenvalue weighted by Gasteiger charge is 2.49. The van der Waals surface area contributed by atoms with Gasteiger partial charge in [0.25, 0.3) is 19.7 Å². The molecule has 0 bridgehead atoms. The highest BCUT2D eigenvalue weighted by Crippen LogP contribution is 2.43. The highest BCUT2D eigenvalue weighted by atomic mass is 32.2. The van der Waals surface area contributed by atoms with Gasteiger partial charge in [-0.3, -0.25) is 0 Å². The van der Waals surface area contributed by atoms with Crippen molar-refractivity contribution in [1.29, 1.82) is 0 Å². The molecule has 0 heterocycles. The van der Waals surface area contributed by atoms with Crippen molar-refractivity contribution in [3.63, 3.8) is 0 Å². The molecule has 0 fully saturated rings. The van der Waals surface area contributed by atoms with E-state index in [4.69, 9.17) is 9.47 Å². The average molecular weight is 847 g/mol. The van der Waals surface area contributed by atoms with Gasteiger partial charge in [-0.15, -0.1) is 0 Å². The first-order chi connectivity index (χ1) is 27.5. The van der Waals surface area contributed by atoms with Crippen LogP contribution >= 0.6 is 0 Å². The van der Waals surface area contributed by atoms with E-state index in [1.807, 2.05) is 13.8 Å². The summed E-state index contributed by atoms with van der Waals surface area (Å²) in [5.41, 5.74) is -12.3. The maximum atomic E-state index is 14.4. The summed E-state index contributed by atoms with van der Waals surface area (Å²) in [6.07, 6.45) is 7.46. The molecule has 5 aromatic rings. The number of fused-ring (bicyclic) bond motifs is 2. The zero-order valence-electron chi connectivity index (χ0n) is 32.0. The van der Waals surface area contributed by atoms with E-state index >= 15 is 0 Å². The van der Waals surface area contributed by atoms with Gasteiger partial charge in [-0.05, 0) is 81.9 Å². The van der Waals surface area contributed by atoms with Crippen LogP contribution in [0.5, 0.6) is 11.5 Å². The molecule has 310 valence electrons. The Morgan fingerprint density at radius 3 is 1.21 bits per heavy atom. The molecule has 0 aromatic heterocycles. The van der Waals surface area contributed by atoms with Gasteiger partial charge in [-0.25, -0.2) is 16.8 Å². The Balaban J connectivity index is 1.81. The van der Waals surface area contributed by atoms with Crippen LogP contribution in [0.4, 0.5) is 26.3 Å². The fourth-order valence-electron chi connectivity index (χ4n) is 6.34. The second kappa shape index (κ2) is 18.8. The second-order valence-electron chi connectivity index (χ2n) is 13.8. The van der Waals surface area contributed by atoms with E-state index in [1.54, 1.807) is 48.5 Å². The van der Waals surface area contributed by atoms with Crippen LogP contribution in [0.25, 0.3) is 43.5 Å². The van der Waals surface area contributed by atoms with Crippen molar-refractivity contribution in [3.05, 3.63) is 119 Å². The number of benzene rings is 5. The predicted molar refractivity (Wildman–Crippen MR) is 219 cm³/mol. The van der Waals surface area contributed by atoms with Gasteiger partial charge in [0.2, 0.25) is 0 Å². The van der Waals surface area contributed by atoms with E-state index in [0.29, 0.717) is 47.2 Å². The van der Waals surface area contributed by atoms with Crippen molar-refractivity contribution < 1.29 is 52.7 Å². The zero-order valence-corrected chi connectivity index (χ0v) is 33.6. The summed E-state index contributed by atoms with van der Waals surface area (Å²) >= 11 is 0. The number of alkyl halides is 6. The number of ether oxygens (including phenoxy) is 2. The lowest BCUT2D eigenvalue weighted by Crippen LogP contribution is -2.24. The van der Waals surface area contributed by atoms with E-state index in [2.05, 4.69) is 0 Å². The Labute approximate surface area is 335 Å². The first-order valence-corrected chi connectivity index (χ1v) is 21.9. The average Bonchev–Trinajstić information content (AvgIpc) is 3.18. The summed E-state index contributed by atoms with van der Waals surface area (Å²) in [5, 5.41) is 2.24. The minimum Gasteiger partial charge on any atom is -0.493 e. The van der Waals surface area contributed by atoms with Crippen molar-refractivity contribution in [2.24, 2.45) is 0 Å². The van der Waals surface area contributed by atoms with Crippen LogP contribution < -0.4 is 9.47 Å². The third-order valence-electron chi connectivity index (χ3n) is 9.48. The molecular weight excluding hydrogens is 803 g/mol. The van der Waals surface area contributed by atoms with Gasteiger partial charge in [0.1, 0.15) is 11.5 Å². The minimum absolute atomic E-state index is 0.0108. The minimum atomic E-state index is -6.02. The Morgan fingerprint density at radius 1 is 0.500 bits per heavy atom. The van der Waals surface area contributed by atoms with Crippen LogP contribution in [0, 0.1) is 0 Å². The van der Waals surface area contributed by atoms with E-state index in [-0.39, 0.29) is 47.0 Å². The fourth-order valence-corrected chi connectivity index (χ4v) is 8.28. The van der Waals surface area contributed by atoms with Gasteiger partial charge in [0.05, 0.1) is 23.0 Å². The molecule has 14 heteroatoms. The quantitative estimate of drug-likeness (QED) is 0.0496. The lowest BCUT2D eigenvalue weighted by Gasteiger charge is -2.19. The molecule has 6 nitrogen and oxygen atoms in total. The highest BCUT2D eigenvalue weighted by molar-refractivity contribution is 8.02. The van der Waals surface area contributed by atoms with Crippen LogP contribution in [-0.2, 0) is 19.7 Å². The van der Waals surface area contributed by atoms with Gasteiger partial charge in [0, 0.05) is 11.1 Å². The summed E-state index contributed by atoms with van der Waals surface area (Å²) < 4.78 is 152. The van der Waals surface area contributed by atoms with Crippen molar-refractivity contribution in [2.75, 3.05) is 13.2 Å². The SMILES string of the molecule is CCCCCCOc1cc(/C=C(/c2ccc3ccccc3c2)S(=O)(=O)C(F)(F)F)c(OCCCCCC)cc1/C=C(/c1ccc2ccccc2c1)S(=O)(=O)C(F)(F)F. The molecule has 0 saturated carbocycles. The van der Waals surface area contributed by atoms with Crippen molar-refractivity contribution >= 4 is 63.2 Å². The van der Waals surface area contributed by atoms with Crippen molar-refractivity contribution in [2.45, 2.75) is 76.2 Å². The number of rotatable bonds is 18. The smallest absolute Gasteiger partial charge is 0.493 e. The number of hydrogen-bond acceptors (Lipinski definition) is 6. The first kappa shape index (κ1) is 44.3. The summed E-state index contributed by atoms with van der Waals surface area (Å²) in [4.78, 5) is -2.20. The maximum Gasteiger partial charge on any atom is 0.501 e. The standard InChI is InChI=1S/C44H44F6O6S2/c1-3-5-7-13-23-55-39-27-38(30-42(58(53,54)44(48,49)50)36-22-20-32-16-10-12-18-34(32)26-36)40(56-24-14-8-6-4-2)28-37(39)29-41(57(51,52)43(45,46)47)35-21-19-31-15-9-11-17-33(31)25-35/h9-12,15-22,25-30H,3-8,13-14,23-24H2,1-2H3/b41-29-,42-30-. The number of unbranched alkanes of at least 4 members (excludes halogenated alkanes) is 6. The molecule has 0 N–H and O–H groups in total. The van der Waals surface area contributed by atoms with Crippen LogP contribution in [0.15, 0.2) is 97.1 Å². The van der Waals surface area contributed by atoms with E-state index < -0.39 is 40.5 Å². The predicted octanol–water partition coefficient (Wildman–Crippen LogP) is 12.8. The van der Waals surface area contributed by atoms with Gasteiger partial charge in [-0.1, -0.05) is 125 Å². The lowest BCUT2D eigenvalue weighted by molar-refractivity contribution is -0.0426. The van der Waals surface area contributed by atoms with Crippen LogP contribution in [0.3, 0.4) is 0 Å². The molecule has 0 saturated heterocycles. The molecule has 5 aromatic carbocycles. The van der Waals surface area contributed by atoms with Crippen molar-refractivity contribution in [1.82, 2.24) is 0 Å². The van der Waals surface area contributed by atoms with Crippen LogP contribution in [0.2, 0.25) is 0 Å². The second-order valence-corrected chi connectivity index (χ2v) is 17.6. The normalized spacial score (nSPS) is 13.3. The van der Waals surface area contributed by atoms with Crippen LogP contribution in [0.1, 0.15) is 87.5 Å². The molecule has 5 rings (SSSR count). The lowest BCUT2D eigenvalue weighted by atomic mass is 10.0. The molecule has 0 amide bonds. The molecule has 58 heavy (non-hydrogen) atoms. The van der Waals surface area contributed by atoms with Crippen LogP contribution in [-0.4, -0.2) is 41.1 Å². The summed E-state index contributed by atoms with van der Waals surface area (Å²) in [7, 11) is -12.0. The molecule has 0 aliphatic rings. The fraction of sp³-hybridized carbons (Fsp3) is 0.318.